The van der Waals surface area contributed by atoms with E-state index in [0.29, 0.717) is 41.7 Å². The largest absolute Gasteiger partial charge is 0.347 e. The monoisotopic (exact) mass is 345 g/mol. The predicted molar refractivity (Wildman–Crippen MR) is 88.1 cm³/mol. The fourth-order valence-corrected chi connectivity index (χ4v) is 2.40. The first-order valence-electron chi connectivity index (χ1n) is 7.54. The SMILES string of the molecule is O=C(CCCn1cccn1)NCc1nc(-c2ccccc2Cl)no1. The first kappa shape index (κ1) is 16.2. The Balaban J connectivity index is 1.47. The highest BCUT2D eigenvalue weighted by Crippen LogP contribution is 2.24. The number of hydrogen-bond donors (Lipinski definition) is 1. The molecule has 1 aromatic carbocycles. The Hall–Kier alpha value is -2.67. The van der Waals surface area contributed by atoms with E-state index in [1.165, 1.54) is 0 Å². The van der Waals surface area contributed by atoms with Crippen LogP contribution < -0.4 is 5.32 Å². The molecule has 0 unspecified atom stereocenters. The average Bonchev–Trinajstić information content (AvgIpc) is 3.25. The number of hydrogen-bond acceptors (Lipinski definition) is 5. The molecule has 24 heavy (non-hydrogen) atoms. The van der Waals surface area contributed by atoms with Crippen molar-refractivity contribution in [3.8, 4) is 11.4 Å². The number of carbonyl (C=O) groups is 1. The molecular weight excluding hydrogens is 330 g/mol. The summed E-state index contributed by atoms with van der Waals surface area (Å²) >= 11 is 6.10. The molecule has 0 bridgehead atoms. The lowest BCUT2D eigenvalue weighted by Gasteiger charge is -2.02. The molecular formula is C16H16ClN5O2. The Morgan fingerprint density at radius 1 is 1.29 bits per heavy atom. The van der Waals surface area contributed by atoms with Gasteiger partial charge in [0, 0.05) is 30.9 Å². The van der Waals surface area contributed by atoms with E-state index in [2.05, 4.69) is 20.6 Å². The molecule has 1 N–H and O–H groups in total. The number of aryl methyl sites for hydroxylation is 1. The van der Waals surface area contributed by atoms with Gasteiger partial charge in [-0.15, -0.1) is 0 Å². The summed E-state index contributed by atoms with van der Waals surface area (Å²) < 4.78 is 6.93. The highest BCUT2D eigenvalue weighted by atomic mass is 35.5. The van der Waals surface area contributed by atoms with E-state index >= 15 is 0 Å². The summed E-state index contributed by atoms with van der Waals surface area (Å²) in [5, 5.41) is 11.3. The molecule has 0 saturated heterocycles. The number of rotatable bonds is 7. The van der Waals surface area contributed by atoms with Crippen molar-refractivity contribution in [2.75, 3.05) is 0 Å². The van der Waals surface area contributed by atoms with Crippen LogP contribution in [0.15, 0.2) is 47.2 Å². The number of benzene rings is 1. The normalized spacial score (nSPS) is 10.7. The summed E-state index contributed by atoms with van der Waals surface area (Å²) in [7, 11) is 0. The molecule has 8 heteroatoms. The van der Waals surface area contributed by atoms with Crippen molar-refractivity contribution in [3.05, 3.63) is 53.6 Å². The van der Waals surface area contributed by atoms with Crippen LogP contribution >= 0.6 is 11.6 Å². The minimum atomic E-state index is -0.0698. The molecule has 3 rings (SSSR count). The summed E-state index contributed by atoms with van der Waals surface area (Å²) in [6, 6.07) is 9.10. The van der Waals surface area contributed by atoms with Gasteiger partial charge in [0.2, 0.25) is 17.6 Å². The van der Waals surface area contributed by atoms with Gasteiger partial charge in [0.1, 0.15) is 0 Å². The Labute approximate surface area is 143 Å². The highest BCUT2D eigenvalue weighted by molar-refractivity contribution is 6.33. The third-order valence-corrected chi connectivity index (χ3v) is 3.70. The Morgan fingerprint density at radius 3 is 2.96 bits per heavy atom. The number of carbonyl (C=O) groups excluding carboxylic acids is 1. The van der Waals surface area contributed by atoms with Gasteiger partial charge < -0.3 is 9.84 Å². The Morgan fingerprint density at radius 2 is 2.17 bits per heavy atom. The summed E-state index contributed by atoms with van der Waals surface area (Å²) in [6.07, 6.45) is 4.70. The van der Waals surface area contributed by atoms with Crippen LogP contribution in [-0.4, -0.2) is 25.8 Å². The van der Waals surface area contributed by atoms with Crippen molar-refractivity contribution in [2.24, 2.45) is 0 Å². The lowest BCUT2D eigenvalue weighted by atomic mass is 10.2. The predicted octanol–water partition coefficient (Wildman–Crippen LogP) is 2.68. The molecule has 0 aliphatic carbocycles. The quantitative estimate of drug-likeness (QED) is 0.711. The van der Waals surface area contributed by atoms with Crippen LogP contribution in [0.3, 0.4) is 0 Å². The first-order valence-corrected chi connectivity index (χ1v) is 7.92. The van der Waals surface area contributed by atoms with Crippen molar-refractivity contribution < 1.29 is 9.32 Å². The van der Waals surface area contributed by atoms with E-state index in [0.717, 1.165) is 0 Å². The zero-order chi connectivity index (χ0) is 16.8. The first-order chi connectivity index (χ1) is 11.7. The Kier molecular flexibility index (Phi) is 5.22. The van der Waals surface area contributed by atoms with Gasteiger partial charge in [-0.1, -0.05) is 28.9 Å². The molecule has 0 radical (unpaired) electrons. The van der Waals surface area contributed by atoms with Crippen molar-refractivity contribution in [1.82, 2.24) is 25.2 Å². The van der Waals surface area contributed by atoms with E-state index in [1.54, 1.807) is 16.9 Å². The Bertz CT molecular complexity index is 800. The zero-order valence-electron chi connectivity index (χ0n) is 12.9. The molecule has 7 nitrogen and oxygen atoms in total. The third kappa shape index (κ3) is 4.20. The van der Waals surface area contributed by atoms with Gasteiger partial charge in [-0.2, -0.15) is 10.1 Å². The van der Waals surface area contributed by atoms with Gasteiger partial charge in [-0.3, -0.25) is 9.48 Å². The van der Waals surface area contributed by atoms with E-state index in [1.807, 2.05) is 30.5 Å². The minimum Gasteiger partial charge on any atom is -0.347 e. The minimum absolute atomic E-state index is 0.0698. The lowest BCUT2D eigenvalue weighted by Crippen LogP contribution is -2.23. The third-order valence-electron chi connectivity index (χ3n) is 3.37. The van der Waals surface area contributed by atoms with Crippen LogP contribution in [0.4, 0.5) is 0 Å². The summed E-state index contributed by atoms with van der Waals surface area (Å²) in [5.74, 6) is 0.675. The zero-order valence-corrected chi connectivity index (χ0v) is 13.6. The average molecular weight is 346 g/mol. The van der Waals surface area contributed by atoms with Gasteiger partial charge in [-0.05, 0) is 24.6 Å². The van der Waals surface area contributed by atoms with Crippen LogP contribution in [-0.2, 0) is 17.9 Å². The number of aromatic nitrogens is 4. The van der Waals surface area contributed by atoms with Crippen LogP contribution in [0.5, 0.6) is 0 Å². The molecule has 0 aliphatic heterocycles. The highest BCUT2D eigenvalue weighted by Gasteiger charge is 2.12. The summed E-state index contributed by atoms with van der Waals surface area (Å²) in [5.41, 5.74) is 0.694. The maximum Gasteiger partial charge on any atom is 0.246 e. The lowest BCUT2D eigenvalue weighted by molar-refractivity contribution is -0.121. The smallest absolute Gasteiger partial charge is 0.246 e. The molecule has 3 aromatic rings. The van der Waals surface area contributed by atoms with Gasteiger partial charge in [0.05, 0.1) is 11.6 Å². The van der Waals surface area contributed by atoms with Crippen molar-refractivity contribution in [3.63, 3.8) is 0 Å². The molecule has 1 amide bonds. The second kappa shape index (κ2) is 7.74. The fourth-order valence-electron chi connectivity index (χ4n) is 2.18. The van der Waals surface area contributed by atoms with Gasteiger partial charge in [0.15, 0.2) is 0 Å². The molecule has 0 atom stereocenters. The maximum absolute atomic E-state index is 11.8. The number of nitrogens with zero attached hydrogens (tertiary/aromatic N) is 4. The molecule has 0 saturated carbocycles. The molecule has 0 spiro atoms. The second-order valence-electron chi connectivity index (χ2n) is 5.14. The van der Waals surface area contributed by atoms with Crippen LogP contribution in [0.25, 0.3) is 11.4 Å². The molecule has 0 fully saturated rings. The number of nitrogens with one attached hydrogen (secondary N) is 1. The molecule has 2 heterocycles. The number of halogens is 1. The maximum atomic E-state index is 11.8. The van der Waals surface area contributed by atoms with Gasteiger partial charge >= 0.3 is 0 Å². The second-order valence-corrected chi connectivity index (χ2v) is 5.55. The topological polar surface area (TPSA) is 85.8 Å². The van der Waals surface area contributed by atoms with Crippen molar-refractivity contribution in [1.29, 1.82) is 0 Å². The van der Waals surface area contributed by atoms with E-state index in [-0.39, 0.29) is 12.5 Å². The molecule has 2 aromatic heterocycles. The van der Waals surface area contributed by atoms with Crippen LogP contribution in [0.2, 0.25) is 5.02 Å². The standard InChI is InChI=1S/C16H16ClN5O2/c17-13-6-2-1-5-12(13)16-20-15(24-21-16)11-18-14(23)7-3-9-22-10-4-8-19-22/h1-2,4-6,8,10H,3,7,9,11H2,(H,18,23). The molecule has 124 valence electrons. The van der Waals surface area contributed by atoms with Gasteiger partial charge in [-0.25, -0.2) is 0 Å². The van der Waals surface area contributed by atoms with Gasteiger partial charge in [0.25, 0.3) is 0 Å². The van der Waals surface area contributed by atoms with E-state index in [4.69, 9.17) is 16.1 Å². The van der Waals surface area contributed by atoms with E-state index < -0.39 is 0 Å². The van der Waals surface area contributed by atoms with Crippen LogP contribution in [0.1, 0.15) is 18.7 Å². The summed E-state index contributed by atoms with van der Waals surface area (Å²) in [4.78, 5) is 16.1. The fraction of sp³-hybridized carbons (Fsp3) is 0.250. The van der Waals surface area contributed by atoms with Crippen molar-refractivity contribution in [2.45, 2.75) is 25.9 Å². The van der Waals surface area contributed by atoms with Crippen molar-refractivity contribution >= 4 is 17.5 Å². The van der Waals surface area contributed by atoms with Crippen LogP contribution in [0, 0.1) is 0 Å². The number of amides is 1. The molecule has 0 aliphatic rings. The van der Waals surface area contributed by atoms with E-state index in [9.17, 15) is 4.79 Å². The summed E-state index contributed by atoms with van der Waals surface area (Å²) in [6.45, 7) is 0.898.